The van der Waals surface area contributed by atoms with E-state index in [4.69, 9.17) is 4.98 Å². The summed E-state index contributed by atoms with van der Waals surface area (Å²) in [5, 5.41) is 6.84. The first kappa shape index (κ1) is 18.4. The number of rotatable bonds is 5. The van der Waals surface area contributed by atoms with Gasteiger partial charge in [-0.3, -0.25) is 5.10 Å². The van der Waals surface area contributed by atoms with Crippen molar-refractivity contribution in [1.29, 1.82) is 0 Å². The molecule has 0 atom stereocenters. The van der Waals surface area contributed by atoms with Gasteiger partial charge in [0.15, 0.2) is 0 Å². The van der Waals surface area contributed by atoms with E-state index in [-0.39, 0.29) is 5.82 Å². The summed E-state index contributed by atoms with van der Waals surface area (Å²) in [6, 6.07) is 13.1. The quantitative estimate of drug-likeness (QED) is 0.474. The lowest BCUT2D eigenvalue weighted by Crippen LogP contribution is -2.30. The van der Waals surface area contributed by atoms with Crippen molar-refractivity contribution < 1.29 is 4.39 Å². The SMILES string of the molecule is Fc1cccc(SN2CCC(Cn3ccc4nc(-c5cn[nH]c5)ccc43)CC2)c1. The van der Waals surface area contributed by atoms with E-state index in [1.165, 1.54) is 11.6 Å². The Balaban J connectivity index is 1.22. The van der Waals surface area contributed by atoms with Crippen LogP contribution in [0.2, 0.25) is 0 Å². The van der Waals surface area contributed by atoms with Gasteiger partial charge in [-0.15, -0.1) is 0 Å². The maximum atomic E-state index is 13.4. The molecule has 0 radical (unpaired) electrons. The third-order valence-corrected chi connectivity index (χ3v) is 6.57. The minimum Gasteiger partial charge on any atom is -0.346 e. The number of aromatic amines is 1. The fourth-order valence-corrected chi connectivity index (χ4v) is 4.92. The number of halogens is 1. The van der Waals surface area contributed by atoms with E-state index in [0.29, 0.717) is 5.92 Å². The highest BCUT2D eigenvalue weighted by Crippen LogP contribution is 2.30. The van der Waals surface area contributed by atoms with Crippen LogP contribution in [0.5, 0.6) is 0 Å². The number of hydrogen-bond donors (Lipinski definition) is 1. The van der Waals surface area contributed by atoms with Crippen molar-refractivity contribution in [1.82, 2.24) is 24.1 Å². The Morgan fingerprint density at radius 1 is 1.14 bits per heavy atom. The first-order valence-corrected chi connectivity index (χ1v) is 10.7. The molecule has 148 valence electrons. The van der Waals surface area contributed by atoms with Gasteiger partial charge in [-0.2, -0.15) is 5.10 Å². The highest BCUT2D eigenvalue weighted by atomic mass is 32.2. The molecule has 0 aliphatic carbocycles. The van der Waals surface area contributed by atoms with Crippen molar-refractivity contribution >= 4 is 23.0 Å². The molecule has 0 saturated carbocycles. The average Bonchev–Trinajstić information content (AvgIpc) is 3.40. The molecule has 1 fully saturated rings. The normalized spacial score (nSPS) is 15.9. The predicted octanol–water partition coefficient (Wildman–Crippen LogP) is 4.98. The molecular weight excluding hydrogens is 385 g/mol. The summed E-state index contributed by atoms with van der Waals surface area (Å²) in [6.45, 7) is 3.05. The second-order valence-electron chi connectivity index (χ2n) is 7.48. The molecule has 5 rings (SSSR count). The van der Waals surface area contributed by atoms with Gasteiger partial charge in [0.05, 0.1) is 22.9 Å². The summed E-state index contributed by atoms with van der Waals surface area (Å²) in [7, 11) is 0. The van der Waals surface area contributed by atoms with Gasteiger partial charge in [-0.1, -0.05) is 6.07 Å². The minimum atomic E-state index is -0.172. The van der Waals surface area contributed by atoms with E-state index in [2.05, 4.69) is 43.5 Å². The first-order chi connectivity index (χ1) is 14.2. The molecule has 1 N–H and O–H groups in total. The van der Waals surface area contributed by atoms with E-state index < -0.39 is 0 Å². The van der Waals surface area contributed by atoms with Crippen LogP contribution in [-0.4, -0.2) is 37.1 Å². The van der Waals surface area contributed by atoms with Crippen LogP contribution in [0.4, 0.5) is 4.39 Å². The molecular formula is C22H22FN5S. The molecule has 29 heavy (non-hydrogen) atoms. The fraction of sp³-hybridized carbons (Fsp3) is 0.273. The molecule has 0 unspecified atom stereocenters. The summed E-state index contributed by atoms with van der Waals surface area (Å²) in [4.78, 5) is 5.75. The van der Waals surface area contributed by atoms with Crippen molar-refractivity contribution in [2.24, 2.45) is 5.92 Å². The van der Waals surface area contributed by atoms with Crippen LogP contribution in [0.3, 0.4) is 0 Å². The summed E-state index contributed by atoms with van der Waals surface area (Å²) < 4.78 is 18.0. The minimum absolute atomic E-state index is 0.172. The largest absolute Gasteiger partial charge is 0.346 e. The molecule has 3 aromatic heterocycles. The van der Waals surface area contributed by atoms with Gasteiger partial charge in [0, 0.05) is 42.5 Å². The molecule has 4 aromatic rings. The molecule has 1 aliphatic heterocycles. The molecule has 0 spiro atoms. The van der Waals surface area contributed by atoms with Crippen LogP contribution in [0.15, 0.2) is 66.0 Å². The molecule has 1 aromatic carbocycles. The lowest BCUT2D eigenvalue weighted by molar-refractivity contribution is 0.269. The smallest absolute Gasteiger partial charge is 0.124 e. The maximum absolute atomic E-state index is 13.4. The van der Waals surface area contributed by atoms with Crippen molar-refractivity contribution in [3.63, 3.8) is 0 Å². The van der Waals surface area contributed by atoms with E-state index in [1.807, 2.05) is 12.3 Å². The third kappa shape index (κ3) is 4.06. The Hall–Kier alpha value is -2.64. The number of fused-ring (bicyclic) bond motifs is 1. The van der Waals surface area contributed by atoms with Crippen LogP contribution < -0.4 is 0 Å². The van der Waals surface area contributed by atoms with Crippen molar-refractivity contribution in [3.05, 3.63) is 66.9 Å². The van der Waals surface area contributed by atoms with Gasteiger partial charge in [0.1, 0.15) is 5.82 Å². The standard InChI is InChI=1S/C22H22FN5S/c23-18-2-1-3-19(12-18)29-28-10-6-16(7-11-28)15-27-9-8-21-22(27)5-4-20(26-21)17-13-24-25-14-17/h1-5,8-9,12-14,16H,6-7,10-11,15H2,(H,24,25). The summed E-state index contributed by atoms with van der Waals surface area (Å²) in [5.74, 6) is 0.470. The van der Waals surface area contributed by atoms with Gasteiger partial charge in [0.2, 0.25) is 0 Å². The Morgan fingerprint density at radius 2 is 2.03 bits per heavy atom. The molecule has 7 heteroatoms. The van der Waals surface area contributed by atoms with Crippen LogP contribution in [0.25, 0.3) is 22.3 Å². The maximum Gasteiger partial charge on any atom is 0.124 e. The van der Waals surface area contributed by atoms with Gasteiger partial charge >= 0.3 is 0 Å². The van der Waals surface area contributed by atoms with Crippen LogP contribution >= 0.6 is 11.9 Å². The van der Waals surface area contributed by atoms with E-state index in [9.17, 15) is 4.39 Å². The molecule has 1 saturated heterocycles. The monoisotopic (exact) mass is 407 g/mol. The van der Waals surface area contributed by atoms with Crippen LogP contribution in [0, 0.1) is 11.7 Å². The zero-order chi connectivity index (χ0) is 19.6. The average molecular weight is 408 g/mol. The molecule has 4 heterocycles. The lowest BCUT2D eigenvalue weighted by Gasteiger charge is -2.31. The highest BCUT2D eigenvalue weighted by Gasteiger charge is 2.21. The number of piperidine rings is 1. The van der Waals surface area contributed by atoms with Crippen molar-refractivity contribution in [2.75, 3.05) is 13.1 Å². The molecule has 1 aliphatic rings. The lowest BCUT2D eigenvalue weighted by atomic mass is 9.98. The van der Waals surface area contributed by atoms with E-state index >= 15 is 0 Å². The van der Waals surface area contributed by atoms with Crippen LogP contribution in [-0.2, 0) is 6.54 Å². The number of nitrogens with one attached hydrogen (secondary N) is 1. The molecule has 5 nitrogen and oxygen atoms in total. The van der Waals surface area contributed by atoms with Crippen molar-refractivity contribution in [3.8, 4) is 11.3 Å². The summed E-state index contributed by atoms with van der Waals surface area (Å²) in [6.07, 6.45) is 8.08. The summed E-state index contributed by atoms with van der Waals surface area (Å²) in [5.41, 5.74) is 4.13. The Bertz CT molecular complexity index is 1100. The Kier molecular flexibility index (Phi) is 5.08. The first-order valence-electron chi connectivity index (χ1n) is 9.88. The number of H-pyrrole nitrogens is 1. The predicted molar refractivity (Wildman–Crippen MR) is 114 cm³/mol. The number of pyridine rings is 1. The number of benzene rings is 1. The van der Waals surface area contributed by atoms with E-state index in [1.54, 1.807) is 30.3 Å². The van der Waals surface area contributed by atoms with Gasteiger partial charge in [-0.05, 0) is 67.1 Å². The zero-order valence-electron chi connectivity index (χ0n) is 16.0. The van der Waals surface area contributed by atoms with Gasteiger partial charge in [0.25, 0.3) is 0 Å². The molecule has 0 amide bonds. The third-order valence-electron chi connectivity index (χ3n) is 5.48. The Morgan fingerprint density at radius 3 is 2.83 bits per heavy atom. The number of hydrogen-bond acceptors (Lipinski definition) is 4. The molecule has 0 bridgehead atoms. The van der Waals surface area contributed by atoms with E-state index in [0.717, 1.165) is 54.1 Å². The highest BCUT2D eigenvalue weighted by molar-refractivity contribution is 7.97. The Labute approximate surface area is 173 Å². The van der Waals surface area contributed by atoms with Crippen LogP contribution in [0.1, 0.15) is 12.8 Å². The zero-order valence-corrected chi connectivity index (χ0v) is 16.8. The summed E-state index contributed by atoms with van der Waals surface area (Å²) >= 11 is 1.66. The number of nitrogens with zero attached hydrogens (tertiary/aromatic N) is 4. The topological polar surface area (TPSA) is 49.7 Å². The van der Waals surface area contributed by atoms with Gasteiger partial charge < -0.3 is 4.57 Å². The van der Waals surface area contributed by atoms with Gasteiger partial charge in [-0.25, -0.2) is 13.7 Å². The second-order valence-corrected chi connectivity index (χ2v) is 8.65. The number of aromatic nitrogens is 4. The second kappa shape index (κ2) is 8.00. The fourth-order valence-electron chi connectivity index (χ4n) is 3.92. The van der Waals surface area contributed by atoms with Crippen molar-refractivity contribution in [2.45, 2.75) is 24.3 Å².